The van der Waals surface area contributed by atoms with Gasteiger partial charge in [0, 0.05) is 34.9 Å². The molecule has 0 aliphatic carbocycles. The number of aliphatic hydroxyl groups is 1. The molecule has 84 valence electrons. The van der Waals surface area contributed by atoms with E-state index in [0.29, 0.717) is 6.42 Å². The highest BCUT2D eigenvalue weighted by Gasteiger charge is 2.13. The summed E-state index contributed by atoms with van der Waals surface area (Å²) in [5.41, 5.74) is 2.76. The molecular weight excluding hydrogens is 220 g/mol. The highest BCUT2D eigenvalue weighted by Crippen LogP contribution is 2.21. The van der Waals surface area contributed by atoms with E-state index in [1.807, 2.05) is 31.4 Å². The quantitative estimate of drug-likeness (QED) is 0.887. The number of aromatic nitrogens is 2. The average molecular weight is 234 g/mol. The largest absolute Gasteiger partial charge is 0.388 e. The van der Waals surface area contributed by atoms with Gasteiger partial charge in [-0.05, 0) is 19.9 Å². The standard InChI is InChI=1S/C12H14N2OS/c1-8-3-4-10(9(2)14-8)11(15)7-12-13-5-6-16-12/h3-6,11,15H,7H2,1-2H3. The molecule has 0 amide bonds. The lowest BCUT2D eigenvalue weighted by Gasteiger charge is -2.12. The summed E-state index contributed by atoms with van der Waals surface area (Å²) in [6, 6.07) is 3.86. The van der Waals surface area contributed by atoms with Gasteiger partial charge in [-0.1, -0.05) is 6.07 Å². The van der Waals surface area contributed by atoms with Crippen LogP contribution in [0.3, 0.4) is 0 Å². The Labute approximate surface area is 98.8 Å². The zero-order valence-electron chi connectivity index (χ0n) is 9.34. The van der Waals surface area contributed by atoms with Gasteiger partial charge < -0.3 is 5.11 Å². The Kier molecular flexibility index (Phi) is 3.31. The average Bonchev–Trinajstić information content (AvgIpc) is 2.70. The van der Waals surface area contributed by atoms with Crippen molar-refractivity contribution in [3.63, 3.8) is 0 Å². The van der Waals surface area contributed by atoms with Crippen molar-refractivity contribution >= 4 is 11.3 Å². The van der Waals surface area contributed by atoms with Gasteiger partial charge in [0.25, 0.3) is 0 Å². The third-order valence-corrected chi connectivity index (χ3v) is 3.28. The summed E-state index contributed by atoms with van der Waals surface area (Å²) in [5.74, 6) is 0. The van der Waals surface area contributed by atoms with Gasteiger partial charge in [0.05, 0.1) is 11.1 Å². The summed E-state index contributed by atoms with van der Waals surface area (Å²) in [6.07, 6.45) is 1.80. The minimum atomic E-state index is -0.515. The van der Waals surface area contributed by atoms with Gasteiger partial charge in [-0.3, -0.25) is 4.98 Å². The highest BCUT2D eigenvalue weighted by atomic mass is 32.1. The van der Waals surface area contributed by atoms with Crippen LogP contribution in [0.2, 0.25) is 0 Å². The lowest BCUT2D eigenvalue weighted by molar-refractivity contribution is 0.177. The third kappa shape index (κ3) is 2.46. The maximum Gasteiger partial charge on any atom is 0.0954 e. The second kappa shape index (κ2) is 4.72. The molecule has 3 nitrogen and oxygen atoms in total. The first-order valence-corrected chi connectivity index (χ1v) is 6.05. The molecule has 0 spiro atoms. The minimum Gasteiger partial charge on any atom is -0.388 e. The van der Waals surface area contributed by atoms with E-state index >= 15 is 0 Å². The zero-order valence-corrected chi connectivity index (χ0v) is 10.2. The molecule has 16 heavy (non-hydrogen) atoms. The van der Waals surface area contributed by atoms with Crippen LogP contribution in [0.25, 0.3) is 0 Å². The van der Waals surface area contributed by atoms with Crippen LogP contribution in [-0.2, 0) is 6.42 Å². The van der Waals surface area contributed by atoms with Gasteiger partial charge in [-0.15, -0.1) is 11.3 Å². The van der Waals surface area contributed by atoms with E-state index in [2.05, 4.69) is 9.97 Å². The highest BCUT2D eigenvalue weighted by molar-refractivity contribution is 7.09. The molecular formula is C12H14N2OS. The molecule has 0 saturated carbocycles. The Morgan fingerprint density at radius 3 is 2.81 bits per heavy atom. The Morgan fingerprint density at radius 1 is 1.38 bits per heavy atom. The molecule has 1 unspecified atom stereocenters. The molecule has 0 aliphatic heterocycles. The first-order chi connectivity index (χ1) is 7.66. The topological polar surface area (TPSA) is 46.0 Å². The van der Waals surface area contributed by atoms with E-state index < -0.39 is 6.10 Å². The number of aryl methyl sites for hydroxylation is 2. The predicted octanol–water partition coefficient (Wildman–Crippen LogP) is 2.43. The summed E-state index contributed by atoms with van der Waals surface area (Å²) in [4.78, 5) is 8.51. The molecule has 4 heteroatoms. The van der Waals surface area contributed by atoms with Crippen molar-refractivity contribution in [1.29, 1.82) is 0 Å². The minimum absolute atomic E-state index is 0.515. The van der Waals surface area contributed by atoms with E-state index in [1.54, 1.807) is 17.5 Å². The summed E-state index contributed by atoms with van der Waals surface area (Å²) in [6.45, 7) is 3.87. The van der Waals surface area contributed by atoms with Crippen molar-refractivity contribution in [2.24, 2.45) is 0 Å². The maximum atomic E-state index is 10.1. The van der Waals surface area contributed by atoms with E-state index in [-0.39, 0.29) is 0 Å². The Balaban J connectivity index is 2.17. The van der Waals surface area contributed by atoms with Crippen molar-refractivity contribution in [1.82, 2.24) is 9.97 Å². The molecule has 0 fully saturated rings. The lowest BCUT2D eigenvalue weighted by Crippen LogP contribution is -2.05. The molecule has 0 aliphatic rings. The SMILES string of the molecule is Cc1ccc(C(O)Cc2nccs2)c(C)n1. The van der Waals surface area contributed by atoms with E-state index in [1.165, 1.54) is 0 Å². The first kappa shape index (κ1) is 11.2. The van der Waals surface area contributed by atoms with Crippen LogP contribution in [-0.4, -0.2) is 15.1 Å². The van der Waals surface area contributed by atoms with E-state index in [9.17, 15) is 5.11 Å². The second-order valence-electron chi connectivity index (χ2n) is 3.77. The van der Waals surface area contributed by atoms with Crippen LogP contribution >= 0.6 is 11.3 Å². The van der Waals surface area contributed by atoms with Crippen LogP contribution in [0.5, 0.6) is 0 Å². The van der Waals surface area contributed by atoms with Crippen LogP contribution in [0.1, 0.15) is 28.1 Å². The number of aliphatic hydroxyl groups excluding tert-OH is 1. The fourth-order valence-corrected chi connectivity index (χ4v) is 2.33. The summed E-state index contributed by atoms with van der Waals surface area (Å²) in [5, 5.41) is 13.0. The molecule has 0 bridgehead atoms. The number of thiazole rings is 1. The molecule has 1 atom stereocenters. The molecule has 2 aromatic heterocycles. The monoisotopic (exact) mass is 234 g/mol. The predicted molar refractivity (Wildman–Crippen MR) is 64.5 cm³/mol. The van der Waals surface area contributed by atoms with Crippen LogP contribution < -0.4 is 0 Å². The van der Waals surface area contributed by atoms with Gasteiger partial charge >= 0.3 is 0 Å². The summed E-state index contributed by atoms with van der Waals surface area (Å²) >= 11 is 1.56. The fourth-order valence-electron chi connectivity index (χ4n) is 1.68. The molecule has 1 N–H and O–H groups in total. The number of rotatable bonds is 3. The van der Waals surface area contributed by atoms with Crippen LogP contribution in [0, 0.1) is 13.8 Å². The lowest BCUT2D eigenvalue weighted by atomic mass is 10.1. The first-order valence-electron chi connectivity index (χ1n) is 5.17. The Bertz CT molecular complexity index is 468. The van der Waals surface area contributed by atoms with Crippen molar-refractivity contribution in [3.05, 3.63) is 45.7 Å². The number of nitrogens with zero attached hydrogens (tertiary/aromatic N) is 2. The van der Waals surface area contributed by atoms with Crippen LogP contribution in [0.15, 0.2) is 23.7 Å². The van der Waals surface area contributed by atoms with Gasteiger partial charge in [-0.25, -0.2) is 4.98 Å². The number of hydrogen-bond donors (Lipinski definition) is 1. The van der Waals surface area contributed by atoms with Crippen molar-refractivity contribution in [2.45, 2.75) is 26.4 Å². The van der Waals surface area contributed by atoms with Gasteiger partial charge in [0.1, 0.15) is 0 Å². The maximum absolute atomic E-state index is 10.1. The van der Waals surface area contributed by atoms with Crippen LogP contribution in [0.4, 0.5) is 0 Å². The van der Waals surface area contributed by atoms with Gasteiger partial charge in [-0.2, -0.15) is 0 Å². The molecule has 2 aromatic rings. The second-order valence-corrected chi connectivity index (χ2v) is 4.75. The Hall–Kier alpha value is -1.26. The summed E-state index contributed by atoms with van der Waals surface area (Å²) in [7, 11) is 0. The van der Waals surface area contributed by atoms with E-state index in [4.69, 9.17) is 0 Å². The Morgan fingerprint density at radius 2 is 2.19 bits per heavy atom. The fraction of sp³-hybridized carbons (Fsp3) is 0.333. The van der Waals surface area contributed by atoms with Gasteiger partial charge in [0.15, 0.2) is 0 Å². The molecule has 0 saturated heterocycles. The number of hydrogen-bond acceptors (Lipinski definition) is 4. The molecule has 0 radical (unpaired) electrons. The zero-order chi connectivity index (χ0) is 11.5. The normalized spacial score (nSPS) is 12.7. The van der Waals surface area contributed by atoms with Crippen molar-refractivity contribution in [3.8, 4) is 0 Å². The smallest absolute Gasteiger partial charge is 0.0954 e. The summed E-state index contributed by atoms with van der Waals surface area (Å²) < 4.78 is 0. The molecule has 2 heterocycles. The van der Waals surface area contributed by atoms with Crippen molar-refractivity contribution in [2.75, 3.05) is 0 Å². The molecule has 0 aromatic carbocycles. The van der Waals surface area contributed by atoms with Gasteiger partial charge in [0.2, 0.25) is 0 Å². The molecule has 2 rings (SSSR count). The van der Waals surface area contributed by atoms with E-state index in [0.717, 1.165) is 22.0 Å². The number of pyridine rings is 1. The van der Waals surface area contributed by atoms with Crippen molar-refractivity contribution < 1.29 is 5.11 Å². The third-order valence-electron chi connectivity index (χ3n) is 2.48.